The normalized spacial score (nSPS) is 40.0. The van der Waals surface area contributed by atoms with Crippen LogP contribution in [0.4, 0.5) is 0 Å². The van der Waals surface area contributed by atoms with E-state index in [1.165, 1.54) is 40.3 Å². The zero-order valence-corrected chi connectivity index (χ0v) is 22.7. The van der Waals surface area contributed by atoms with Crippen LogP contribution in [0.25, 0.3) is 10.8 Å². The molecule has 0 radical (unpaired) electrons. The molecule has 5 heteroatoms. The van der Waals surface area contributed by atoms with Crippen molar-refractivity contribution in [2.45, 2.75) is 95.6 Å². The Morgan fingerprint density at radius 3 is 2.84 bits per heavy atom. The number of hydrogen-bond acceptors (Lipinski definition) is 4. The predicted octanol–water partition coefficient (Wildman–Crippen LogP) is 6.67. The van der Waals surface area contributed by atoms with E-state index in [1.807, 2.05) is 12.4 Å². The summed E-state index contributed by atoms with van der Waals surface area (Å²) < 4.78 is 13.7. The van der Waals surface area contributed by atoms with E-state index in [-0.39, 0.29) is 33.5 Å². The molecule has 2 saturated heterocycles. The number of hydrogen-bond donors (Lipinski definition) is 1. The minimum Gasteiger partial charge on any atom is -0.359 e. The summed E-state index contributed by atoms with van der Waals surface area (Å²) in [7, 11) is 0. The summed E-state index contributed by atoms with van der Waals surface area (Å²) in [5.41, 5.74) is 3.79. The van der Waals surface area contributed by atoms with Crippen molar-refractivity contribution in [3.05, 3.63) is 65.5 Å². The molecule has 7 atom stereocenters. The van der Waals surface area contributed by atoms with E-state index in [0.717, 1.165) is 25.7 Å². The summed E-state index contributed by atoms with van der Waals surface area (Å²) in [4.78, 5) is 4.38. The van der Waals surface area contributed by atoms with Crippen molar-refractivity contribution in [1.29, 1.82) is 0 Å². The Labute approximate surface area is 220 Å². The van der Waals surface area contributed by atoms with Crippen LogP contribution < -0.4 is 0 Å². The van der Waals surface area contributed by atoms with Crippen molar-refractivity contribution >= 4 is 10.8 Å². The number of nitrogens with zero attached hydrogens (tertiary/aromatic N) is 2. The van der Waals surface area contributed by atoms with Crippen LogP contribution in [0.3, 0.4) is 0 Å². The third kappa shape index (κ3) is 3.15. The Bertz CT molecular complexity index is 1320. The van der Waals surface area contributed by atoms with Gasteiger partial charge in [-0.3, -0.25) is 4.98 Å². The van der Waals surface area contributed by atoms with E-state index in [2.05, 4.69) is 69.1 Å². The van der Waals surface area contributed by atoms with Gasteiger partial charge in [-0.2, -0.15) is 4.65 Å². The Morgan fingerprint density at radius 2 is 2.03 bits per heavy atom. The molecule has 5 nitrogen and oxygen atoms in total. The fraction of sp³-hybridized carbons (Fsp3) is 0.594. The van der Waals surface area contributed by atoms with Gasteiger partial charge >= 0.3 is 0 Å². The molecule has 1 aromatic carbocycles. The van der Waals surface area contributed by atoms with Gasteiger partial charge in [0.2, 0.25) is 6.23 Å². The van der Waals surface area contributed by atoms with E-state index in [4.69, 9.17) is 9.47 Å². The standard InChI is InChI=1S/C32H41N2O3/c1-5-34(35,21(2)3)29-18-31-13-14-32(37-31)25(17-26(31)20-36-29)10-12-30(4)27(8-9-28(30)32)23-7-6-22-11-15-33-19-24(22)16-23/h6-7,10-11,15-17,19,21,27-29,35H,5,8-9,12-14,18,20H2,1-4H3/q+1/t27?,28-,29-,30?,31-,32-,34?/m1/s1. The number of fused-ring (bicyclic) bond motifs is 2. The maximum Gasteiger partial charge on any atom is 0.226 e. The largest absolute Gasteiger partial charge is 0.359 e. The van der Waals surface area contributed by atoms with Gasteiger partial charge in [0.15, 0.2) is 0 Å². The molecule has 3 unspecified atom stereocenters. The molecule has 7 rings (SSSR count). The molecule has 1 aromatic heterocycles. The summed E-state index contributed by atoms with van der Waals surface area (Å²) in [5, 5.41) is 14.0. The monoisotopic (exact) mass is 501 g/mol. The zero-order valence-electron chi connectivity index (χ0n) is 22.7. The number of allylic oxidation sites excluding steroid dienone is 1. The van der Waals surface area contributed by atoms with Crippen LogP contribution in [0.1, 0.15) is 77.7 Å². The van der Waals surface area contributed by atoms with E-state index < -0.39 is 0 Å². The first-order chi connectivity index (χ1) is 17.7. The molecular formula is C32H41N2O3+. The lowest BCUT2D eigenvalue weighted by Crippen LogP contribution is -2.63. The molecule has 5 aliphatic rings. The maximum atomic E-state index is 11.5. The lowest BCUT2D eigenvalue weighted by molar-refractivity contribution is -1.15. The number of hydroxylamine groups is 3. The van der Waals surface area contributed by atoms with Crippen molar-refractivity contribution in [3.8, 4) is 0 Å². The van der Waals surface area contributed by atoms with Crippen LogP contribution in [-0.4, -0.2) is 51.5 Å². The molecule has 2 aliphatic carbocycles. The molecule has 2 spiro atoms. The number of ether oxygens (including phenoxy) is 2. The lowest BCUT2D eigenvalue weighted by atomic mass is 9.58. The quantitative estimate of drug-likeness (QED) is 0.375. The third-order valence-corrected chi connectivity index (χ3v) is 11.2. The molecule has 196 valence electrons. The zero-order chi connectivity index (χ0) is 25.6. The van der Waals surface area contributed by atoms with Crippen LogP contribution in [0.2, 0.25) is 0 Å². The van der Waals surface area contributed by atoms with Gasteiger partial charge in [0, 0.05) is 17.8 Å². The molecule has 37 heavy (non-hydrogen) atoms. The summed E-state index contributed by atoms with van der Waals surface area (Å²) in [6.07, 6.45) is 14.9. The topological polar surface area (TPSA) is 51.6 Å². The molecule has 1 saturated carbocycles. The lowest BCUT2D eigenvalue weighted by Gasteiger charge is -2.55. The van der Waals surface area contributed by atoms with E-state index in [1.54, 1.807) is 0 Å². The van der Waals surface area contributed by atoms with Crippen LogP contribution in [0, 0.1) is 11.3 Å². The number of pyridine rings is 1. The molecule has 0 amide bonds. The van der Waals surface area contributed by atoms with Crippen LogP contribution in [0.5, 0.6) is 0 Å². The highest BCUT2D eigenvalue weighted by atomic mass is 16.6. The average Bonchev–Trinajstić information content (AvgIpc) is 3.42. The molecule has 3 aliphatic heterocycles. The molecule has 2 aromatic rings. The Balaban J connectivity index is 1.24. The van der Waals surface area contributed by atoms with Gasteiger partial charge in [0.25, 0.3) is 0 Å². The SMILES string of the molecule is CC[N+](O)(C(C)C)[C@H]1C[C@@]23CC[C@@]4(O2)C(=CCC2(C)C(c5ccc6ccncc6c5)CC[C@H]24)C=C3CO1. The summed E-state index contributed by atoms with van der Waals surface area (Å²) in [6, 6.07) is 9.19. The van der Waals surface area contributed by atoms with Crippen molar-refractivity contribution in [3.63, 3.8) is 0 Å². The molecule has 2 bridgehead atoms. The van der Waals surface area contributed by atoms with E-state index in [9.17, 15) is 5.21 Å². The highest BCUT2D eigenvalue weighted by Gasteiger charge is 2.68. The Kier molecular flexibility index (Phi) is 5.18. The Hall–Kier alpha value is -2.05. The maximum absolute atomic E-state index is 11.5. The van der Waals surface area contributed by atoms with Crippen LogP contribution in [0.15, 0.2) is 60.0 Å². The highest BCUT2D eigenvalue weighted by Crippen LogP contribution is 2.69. The number of quaternary nitrogens is 1. The first kappa shape index (κ1) is 24.0. The average molecular weight is 502 g/mol. The second kappa shape index (κ2) is 7.98. The van der Waals surface area contributed by atoms with Crippen LogP contribution in [-0.2, 0) is 9.47 Å². The molecule has 3 fully saturated rings. The van der Waals surface area contributed by atoms with E-state index in [0.29, 0.717) is 25.0 Å². The first-order valence-electron chi connectivity index (χ1n) is 14.4. The minimum absolute atomic E-state index is 0.0475. The fourth-order valence-corrected chi connectivity index (χ4v) is 9.03. The van der Waals surface area contributed by atoms with Crippen molar-refractivity contribution < 1.29 is 19.3 Å². The number of rotatable bonds is 4. The van der Waals surface area contributed by atoms with Crippen molar-refractivity contribution in [2.75, 3.05) is 13.2 Å². The summed E-state index contributed by atoms with van der Waals surface area (Å²) >= 11 is 0. The fourth-order valence-electron chi connectivity index (χ4n) is 9.03. The number of aromatic nitrogens is 1. The van der Waals surface area contributed by atoms with Gasteiger partial charge in [0.1, 0.15) is 18.2 Å². The van der Waals surface area contributed by atoms with Crippen molar-refractivity contribution in [2.24, 2.45) is 11.3 Å². The van der Waals surface area contributed by atoms with Crippen LogP contribution >= 0.6 is 0 Å². The first-order valence-corrected chi connectivity index (χ1v) is 14.4. The van der Waals surface area contributed by atoms with Crippen molar-refractivity contribution in [1.82, 2.24) is 4.98 Å². The predicted molar refractivity (Wildman–Crippen MR) is 144 cm³/mol. The molecule has 4 heterocycles. The van der Waals surface area contributed by atoms with Gasteiger partial charge < -0.3 is 9.47 Å². The number of benzene rings is 1. The third-order valence-electron chi connectivity index (χ3n) is 11.2. The smallest absolute Gasteiger partial charge is 0.226 e. The van der Waals surface area contributed by atoms with Gasteiger partial charge in [-0.25, -0.2) is 5.21 Å². The summed E-state index contributed by atoms with van der Waals surface area (Å²) in [5.74, 6) is 1.02. The Morgan fingerprint density at radius 1 is 1.16 bits per heavy atom. The second-order valence-electron chi connectivity index (χ2n) is 13.0. The van der Waals surface area contributed by atoms with Gasteiger partial charge in [0.05, 0.1) is 18.6 Å². The summed E-state index contributed by atoms with van der Waals surface area (Å²) in [6.45, 7) is 9.94. The van der Waals surface area contributed by atoms with Gasteiger partial charge in [-0.15, -0.1) is 0 Å². The molecular weight excluding hydrogens is 460 g/mol. The van der Waals surface area contributed by atoms with E-state index >= 15 is 0 Å². The second-order valence-corrected chi connectivity index (χ2v) is 13.0. The van der Waals surface area contributed by atoms with Gasteiger partial charge in [-0.1, -0.05) is 31.2 Å². The highest BCUT2D eigenvalue weighted by molar-refractivity contribution is 5.82. The minimum atomic E-state index is -0.304. The van der Waals surface area contributed by atoms with Gasteiger partial charge in [-0.05, 0) is 104 Å². The molecule has 1 N–H and O–H groups in total.